The molecule has 6 aromatic carbocycles. The topological polar surface area (TPSA) is 0 Å². The van der Waals surface area contributed by atoms with E-state index < -0.39 is 15.2 Å². The van der Waals surface area contributed by atoms with Crippen LogP contribution in [0.4, 0.5) is 0 Å². The molecule has 0 aliphatic heterocycles. The molecule has 0 aromatic heterocycles. The zero-order chi connectivity index (χ0) is 33.4. The summed E-state index contributed by atoms with van der Waals surface area (Å²) in [5, 5.41) is 0. The first-order chi connectivity index (χ1) is 22.6. The minimum Gasteiger partial charge on any atom is -0.0981 e. The fourth-order valence-corrected chi connectivity index (χ4v) is 9.35. The van der Waals surface area contributed by atoms with E-state index in [2.05, 4.69) is 187 Å². The third-order valence-electron chi connectivity index (χ3n) is 10.2. The van der Waals surface area contributed by atoms with E-state index in [1.807, 2.05) is 0 Å². The van der Waals surface area contributed by atoms with Gasteiger partial charge in [-0.25, -0.2) is 0 Å². The SMILES string of the molecule is Cc1ccccc1C(c1ccccc1C)(c1ccccc1C)C(Cl)(Cl)C(c1ccccc1C)(c1ccccc1C)c1ccccc1C. The summed E-state index contributed by atoms with van der Waals surface area (Å²) in [6.45, 7) is 13.1. The lowest BCUT2D eigenvalue weighted by Crippen LogP contribution is -2.60. The average molecular weight is 654 g/mol. The van der Waals surface area contributed by atoms with Crippen LogP contribution in [-0.2, 0) is 10.8 Å². The van der Waals surface area contributed by atoms with E-state index in [1.54, 1.807) is 0 Å². The van der Waals surface area contributed by atoms with Crippen LogP contribution >= 0.6 is 23.2 Å². The lowest BCUT2D eigenvalue weighted by Gasteiger charge is -2.57. The number of alkyl halides is 2. The van der Waals surface area contributed by atoms with Crippen LogP contribution < -0.4 is 0 Å². The van der Waals surface area contributed by atoms with E-state index >= 15 is 0 Å². The summed E-state index contributed by atoms with van der Waals surface area (Å²) >= 11 is 17.6. The van der Waals surface area contributed by atoms with Crippen LogP contribution in [0.5, 0.6) is 0 Å². The van der Waals surface area contributed by atoms with E-state index in [0.717, 1.165) is 66.8 Å². The summed E-state index contributed by atoms with van der Waals surface area (Å²) in [7, 11) is 0. The molecule has 0 N–H and O–H groups in total. The van der Waals surface area contributed by atoms with Gasteiger partial charge >= 0.3 is 0 Å². The molecule has 236 valence electrons. The highest BCUT2D eigenvalue weighted by molar-refractivity contribution is 6.51. The number of hydrogen-bond donors (Lipinski definition) is 0. The lowest BCUT2D eigenvalue weighted by atomic mass is 9.52. The Morgan fingerprint density at radius 3 is 0.574 bits per heavy atom. The van der Waals surface area contributed by atoms with Gasteiger partial charge in [-0.15, -0.1) is 0 Å². The van der Waals surface area contributed by atoms with Crippen LogP contribution in [0.3, 0.4) is 0 Å². The Bertz CT molecular complexity index is 1680. The second-order valence-electron chi connectivity index (χ2n) is 13.0. The van der Waals surface area contributed by atoms with Crippen LogP contribution in [0.15, 0.2) is 146 Å². The van der Waals surface area contributed by atoms with Gasteiger partial charge in [0.2, 0.25) is 0 Å². The Balaban J connectivity index is 1.99. The van der Waals surface area contributed by atoms with E-state index in [-0.39, 0.29) is 0 Å². The molecular formula is C45H42Cl2. The molecule has 0 nitrogen and oxygen atoms in total. The Morgan fingerprint density at radius 2 is 0.426 bits per heavy atom. The van der Waals surface area contributed by atoms with Crippen LogP contribution in [0.2, 0.25) is 0 Å². The predicted octanol–water partition coefficient (Wildman–Crippen LogP) is 12.1. The quantitative estimate of drug-likeness (QED) is 0.113. The minimum absolute atomic E-state index is 1.05. The summed E-state index contributed by atoms with van der Waals surface area (Å²) in [4.78, 5) is 0. The molecule has 0 fully saturated rings. The van der Waals surface area contributed by atoms with Gasteiger partial charge in [0, 0.05) is 0 Å². The average Bonchev–Trinajstić information content (AvgIpc) is 3.06. The van der Waals surface area contributed by atoms with Crippen molar-refractivity contribution in [3.63, 3.8) is 0 Å². The second kappa shape index (κ2) is 12.8. The molecule has 0 saturated carbocycles. The van der Waals surface area contributed by atoms with Crippen molar-refractivity contribution >= 4 is 23.2 Å². The van der Waals surface area contributed by atoms with Gasteiger partial charge in [0.1, 0.15) is 0 Å². The number of halogens is 2. The van der Waals surface area contributed by atoms with E-state index in [4.69, 9.17) is 23.2 Å². The standard InChI is InChI=1S/C45H42Cl2/c1-31-19-7-13-25-37(31)43(38-26-14-8-20-32(38)2,39-27-15-9-21-33(39)3)45(46,47)44(40-28-16-10-22-34(40)4,41-29-17-11-23-35(41)5)42-30-18-12-24-36(42)6/h7-30H,1-6H3. The fourth-order valence-electron chi connectivity index (χ4n) is 8.13. The van der Waals surface area contributed by atoms with E-state index in [9.17, 15) is 0 Å². The highest BCUT2D eigenvalue weighted by Gasteiger charge is 2.67. The maximum Gasteiger partial charge on any atom is 0.153 e. The molecular weight excluding hydrogens is 611 g/mol. The molecule has 0 amide bonds. The summed E-state index contributed by atoms with van der Waals surface area (Å²) < 4.78 is -1.56. The van der Waals surface area contributed by atoms with E-state index in [1.165, 1.54) is 0 Å². The normalized spacial score (nSPS) is 12.3. The van der Waals surface area contributed by atoms with Crippen molar-refractivity contribution in [1.29, 1.82) is 0 Å². The fraction of sp³-hybridized carbons (Fsp3) is 0.200. The predicted molar refractivity (Wildman–Crippen MR) is 201 cm³/mol. The first kappa shape index (κ1) is 32.8. The van der Waals surface area contributed by atoms with Gasteiger partial charge in [-0.05, 0) is 108 Å². The lowest BCUT2D eigenvalue weighted by molar-refractivity contribution is 0.399. The molecule has 6 rings (SSSR count). The van der Waals surface area contributed by atoms with Crippen molar-refractivity contribution in [3.8, 4) is 0 Å². The number of benzene rings is 6. The maximum absolute atomic E-state index is 8.79. The van der Waals surface area contributed by atoms with Gasteiger partial charge in [0.15, 0.2) is 4.33 Å². The molecule has 0 unspecified atom stereocenters. The zero-order valence-electron chi connectivity index (χ0n) is 28.1. The molecule has 0 saturated heterocycles. The molecule has 47 heavy (non-hydrogen) atoms. The largest absolute Gasteiger partial charge is 0.153 e. The molecule has 6 aromatic rings. The molecule has 0 aliphatic rings. The van der Waals surface area contributed by atoms with Crippen molar-refractivity contribution in [1.82, 2.24) is 0 Å². The smallest absolute Gasteiger partial charge is 0.0981 e. The van der Waals surface area contributed by atoms with Gasteiger partial charge < -0.3 is 0 Å². The Hall–Kier alpha value is -4.10. The molecule has 0 heterocycles. The third-order valence-corrected chi connectivity index (χ3v) is 11.4. The van der Waals surface area contributed by atoms with Crippen molar-refractivity contribution in [2.45, 2.75) is 56.7 Å². The number of aryl methyl sites for hydroxylation is 6. The van der Waals surface area contributed by atoms with Crippen molar-refractivity contribution in [2.24, 2.45) is 0 Å². The van der Waals surface area contributed by atoms with Gasteiger partial charge in [-0.2, -0.15) is 0 Å². The molecule has 0 bridgehead atoms. The second-order valence-corrected chi connectivity index (χ2v) is 14.3. The number of hydrogen-bond acceptors (Lipinski definition) is 0. The van der Waals surface area contributed by atoms with Crippen molar-refractivity contribution in [2.75, 3.05) is 0 Å². The Morgan fingerprint density at radius 1 is 0.277 bits per heavy atom. The monoisotopic (exact) mass is 652 g/mol. The third kappa shape index (κ3) is 4.97. The Labute approximate surface area is 291 Å². The van der Waals surface area contributed by atoms with Crippen LogP contribution in [-0.4, -0.2) is 4.33 Å². The Kier molecular flexibility index (Phi) is 8.96. The molecule has 2 heteroatoms. The zero-order valence-corrected chi connectivity index (χ0v) is 29.6. The van der Waals surface area contributed by atoms with Gasteiger partial charge in [0.05, 0.1) is 10.8 Å². The molecule has 0 aliphatic carbocycles. The molecule has 0 radical (unpaired) electrons. The van der Waals surface area contributed by atoms with Gasteiger partial charge in [0.25, 0.3) is 0 Å². The van der Waals surface area contributed by atoms with Crippen molar-refractivity contribution in [3.05, 3.63) is 212 Å². The molecule has 0 spiro atoms. The number of rotatable bonds is 8. The van der Waals surface area contributed by atoms with Crippen LogP contribution in [0.25, 0.3) is 0 Å². The summed E-state index contributed by atoms with van der Waals surface area (Å²) in [5.41, 5.74) is 11.1. The first-order valence-corrected chi connectivity index (χ1v) is 17.1. The minimum atomic E-state index is -1.56. The van der Waals surface area contributed by atoms with Gasteiger partial charge in [-0.1, -0.05) is 169 Å². The summed E-state index contributed by atoms with van der Waals surface area (Å²) in [6.07, 6.45) is 0. The van der Waals surface area contributed by atoms with Crippen LogP contribution in [0, 0.1) is 41.5 Å². The summed E-state index contributed by atoms with van der Waals surface area (Å²) in [5.74, 6) is 0. The highest BCUT2D eigenvalue weighted by atomic mass is 35.5. The molecule has 0 atom stereocenters. The van der Waals surface area contributed by atoms with Crippen molar-refractivity contribution < 1.29 is 0 Å². The maximum atomic E-state index is 8.79. The highest BCUT2D eigenvalue weighted by Crippen LogP contribution is 2.67. The van der Waals surface area contributed by atoms with Crippen LogP contribution in [0.1, 0.15) is 66.8 Å². The first-order valence-electron chi connectivity index (χ1n) is 16.3. The summed E-state index contributed by atoms with van der Waals surface area (Å²) in [6, 6.07) is 51.8. The van der Waals surface area contributed by atoms with E-state index in [0.29, 0.717) is 0 Å². The van der Waals surface area contributed by atoms with Gasteiger partial charge in [-0.3, -0.25) is 0 Å².